The van der Waals surface area contributed by atoms with Crippen LogP contribution in [0.2, 0.25) is 0 Å². The van der Waals surface area contributed by atoms with Gasteiger partial charge in [-0.25, -0.2) is 0 Å². The fourth-order valence-electron chi connectivity index (χ4n) is 2.92. The van der Waals surface area contributed by atoms with Crippen LogP contribution in [-0.2, 0) is 0 Å². The molecule has 6 heteroatoms. The van der Waals surface area contributed by atoms with Crippen LogP contribution in [0.1, 0.15) is 28.6 Å². The zero-order valence-electron chi connectivity index (χ0n) is 13.0. The predicted molar refractivity (Wildman–Crippen MR) is 87.2 cm³/mol. The number of likely N-dealkylation sites (tertiary alicyclic amines) is 1. The maximum atomic E-state index is 12.5. The van der Waals surface area contributed by atoms with Crippen molar-refractivity contribution in [1.82, 2.24) is 20.0 Å². The second kappa shape index (κ2) is 6.23. The summed E-state index contributed by atoms with van der Waals surface area (Å²) in [6, 6.07) is 13.3. The molecular weight excluding hydrogens is 304 g/mol. The number of carbonyl (C=O) groups is 1. The average molecular weight is 320 g/mol. The minimum Gasteiger partial charge on any atom is -0.339 e. The molecule has 0 unspecified atom stereocenters. The summed E-state index contributed by atoms with van der Waals surface area (Å²) < 4.78 is 5.43. The summed E-state index contributed by atoms with van der Waals surface area (Å²) in [5.74, 6) is 1.25. The molecule has 4 rings (SSSR count). The Labute approximate surface area is 139 Å². The van der Waals surface area contributed by atoms with Gasteiger partial charge < -0.3 is 9.42 Å². The lowest BCUT2D eigenvalue weighted by Crippen LogP contribution is -2.28. The van der Waals surface area contributed by atoms with Gasteiger partial charge >= 0.3 is 0 Å². The van der Waals surface area contributed by atoms with Crippen molar-refractivity contribution in [3.8, 4) is 11.4 Å². The minimum atomic E-state index is -0.00611. The van der Waals surface area contributed by atoms with Crippen molar-refractivity contribution in [1.29, 1.82) is 0 Å². The molecule has 3 heterocycles. The van der Waals surface area contributed by atoms with Crippen LogP contribution in [-0.4, -0.2) is 39.0 Å². The van der Waals surface area contributed by atoms with Crippen molar-refractivity contribution >= 4 is 5.91 Å². The van der Waals surface area contributed by atoms with Gasteiger partial charge in [0, 0.05) is 31.0 Å². The number of rotatable bonds is 3. The molecule has 3 aromatic rings. The molecule has 1 saturated heterocycles. The molecule has 1 amide bonds. The van der Waals surface area contributed by atoms with E-state index in [2.05, 4.69) is 15.1 Å². The average Bonchev–Trinajstić information content (AvgIpc) is 3.32. The first-order chi connectivity index (χ1) is 11.8. The van der Waals surface area contributed by atoms with Crippen LogP contribution < -0.4 is 0 Å². The maximum absolute atomic E-state index is 12.5. The fourth-order valence-corrected chi connectivity index (χ4v) is 2.92. The van der Waals surface area contributed by atoms with Crippen LogP contribution in [0.3, 0.4) is 0 Å². The van der Waals surface area contributed by atoms with Crippen LogP contribution in [0.15, 0.2) is 59.4 Å². The number of amides is 1. The second-order valence-corrected chi connectivity index (χ2v) is 5.80. The first-order valence-electron chi connectivity index (χ1n) is 7.89. The van der Waals surface area contributed by atoms with E-state index in [4.69, 9.17) is 4.52 Å². The highest BCUT2D eigenvalue weighted by Crippen LogP contribution is 2.28. The van der Waals surface area contributed by atoms with E-state index in [0.29, 0.717) is 30.4 Å². The molecule has 0 radical (unpaired) electrons. The predicted octanol–water partition coefficient (Wildman–Crippen LogP) is 2.76. The summed E-state index contributed by atoms with van der Waals surface area (Å²) in [5, 5.41) is 4.06. The molecule has 0 aliphatic carbocycles. The van der Waals surface area contributed by atoms with Crippen LogP contribution in [0.5, 0.6) is 0 Å². The van der Waals surface area contributed by atoms with Crippen LogP contribution in [0.25, 0.3) is 11.4 Å². The Morgan fingerprint density at radius 3 is 2.83 bits per heavy atom. The van der Waals surface area contributed by atoms with Gasteiger partial charge in [0.2, 0.25) is 11.7 Å². The van der Waals surface area contributed by atoms with E-state index in [-0.39, 0.29) is 11.8 Å². The highest BCUT2D eigenvalue weighted by atomic mass is 16.5. The van der Waals surface area contributed by atoms with Crippen molar-refractivity contribution in [2.24, 2.45) is 0 Å². The molecule has 1 fully saturated rings. The topological polar surface area (TPSA) is 72.1 Å². The van der Waals surface area contributed by atoms with Gasteiger partial charge in [-0.2, -0.15) is 4.98 Å². The van der Waals surface area contributed by atoms with Crippen molar-refractivity contribution in [3.63, 3.8) is 0 Å². The number of hydrogen-bond acceptors (Lipinski definition) is 5. The van der Waals surface area contributed by atoms with Crippen molar-refractivity contribution < 1.29 is 9.32 Å². The van der Waals surface area contributed by atoms with Gasteiger partial charge in [0.15, 0.2) is 0 Å². The Morgan fingerprint density at radius 1 is 1.17 bits per heavy atom. The highest BCUT2D eigenvalue weighted by molar-refractivity contribution is 5.94. The monoisotopic (exact) mass is 320 g/mol. The molecule has 1 aliphatic rings. The molecule has 1 aromatic carbocycles. The largest absolute Gasteiger partial charge is 0.339 e. The van der Waals surface area contributed by atoms with Crippen molar-refractivity contribution in [2.75, 3.05) is 13.1 Å². The molecule has 6 nitrogen and oxygen atoms in total. The molecule has 0 saturated carbocycles. The van der Waals surface area contributed by atoms with Gasteiger partial charge in [-0.3, -0.25) is 9.78 Å². The third-order valence-electron chi connectivity index (χ3n) is 4.21. The van der Waals surface area contributed by atoms with Gasteiger partial charge in [-0.1, -0.05) is 35.5 Å². The molecule has 2 aromatic heterocycles. The van der Waals surface area contributed by atoms with E-state index in [1.165, 1.54) is 0 Å². The van der Waals surface area contributed by atoms with E-state index in [1.807, 2.05) is 35.2 Å². The Bertz CT molecular complexity index is 832. The van der Waals surface area contributed by atoms with Gasteiger partial charge in [-0.05, 0) is 18.6 Å². The molecule has 0 bridgehead atoms. The first-order valence-corrected chi connectivity index (χ1v) is 7.89. The summed E-state index contributed by atoms with van der Waals surface area (Å²) in [7, 11) is 0. The lowest BCUT2D eigenvalue weighted by Gasteiger charge is -2.15. The van der Waals surface area contributed by atoms with E-state index >= 15 is 0 Å². The Morgan fingerprint density at radius 2 is 2.04 bits per heavy atom. The van der Waals surface area contributed by atoms with E-state index in [1.54, 1.807) is 24.5 Å². The number of nitrogens with zero attached hydrogens (tertiary/aromatic N) is 4. The first kappa shape index (κ1) is 14.6. The number of aromatic nitrogens is 3. The highest BCUT2D eigenvalue weighted by Gasteiger charge is 2.31. The molecule has 24 heavy (non-hydrogen) atoms. The minimum absolute atomic E-state index is 0.00611. The summed E-state index contributed by atoms with van der Waals surface area (Å²) in [5.41, 5.74) is 1.53. The standard InChI is InChI=1S/C18H16N4O2/c23-18(14-7-4-9-19-11-14)22-10-8-15(12-22)17-20-16(21-24-17)13-5-2-1-3-6-13/h1-7,9,11,15H,8,10,12H2/t15-/m0/s1. The lowest BCUT2D eigenvalue weighted by molar-refractivity contribution is 0.0789. The second-order valence-electron chi connectivity index (χ2n) is 5.80. The molecule has 1 atom stereocenters. The molecule has 1 aliphatic heterocycles. The van der Waals surface area contributed by atoms with E-state index < -0.39 is 0 Å². The SMILES string of the molecule is O=C(c1cccnc1)N1CC[C@H](c2nc(-c3ccccc3)no2)C1. The third kappa shape index (κ3) is 2.78. The summed E-state index contributed by atoms with van der Waals surface area (Å²) >= 11 is 0. The smallest absolute Gasteiger partial charge is 0.255 e. The molecule has 120 valence electrons. The Kier molecular flexibility index (Phi) is 3.78. The normalized spacial score (nSPS) is 17.2. The third-order valence-corrected chi connectivity index (χ3v) is 4.21. The molecular formula is C18H16N4O2. The summed E-state index contributed by atoms with van der Waals surface area (Å²) in [6.07, 6.45) is 4.07. The van der Waals surface area contributed by atoms with Crippen LogP contribution in [0, 0.1) is 0 Å². The summed E-state index contributed by atoms with van der Waals surface area (Å²) in [6.45, 7) is 1.27. The van der Waals surface area contributed by atoms with Crippen molar-refractivity contribution in [3.05, 3.63) is 66.3 Å². The van der Waals surface area contributed by atoms with Gasteiger partial charge in [0.1, 0.15) is 0 Å². The maximum Gasteiger partial charge on any atom is 0.255 e. The van der Waals surface area contributed by atoms with Gasteiger partial charge in [0.25, 0.3) is 5.91 Å². The quantitative estimate of drug-likeness (QED) is 0.742. The van der Waals surface area contributed by atoms with Gasteiger partial charge in [0.05, 0.1) is 11.5 Å². The number of carbonyl (C=O) groups excluding carboxylic acids is 1. The Balaban J connectivity index is 1.48. The Hall–Kier alpha value is -3.02. The lowest BCUT2D eigenvalue weighted by atomic mass is 10.1. The van der Waals surface area contributed by atoms with Crippen LogP contribution >= 0.6 is 0 Å². The zero-order valence-corrected chi connectivity index (χ0v) is 13.0. The van der Waals surface area contributed by atoms with Crippen LogP contribution in [0.4, 0.5) is 0 Å². The number of benzene rings is 1. The van der Waals surface area contributed by atoms with E-state index in [9.17, 15) is 4.79 Å². The number of pyridine rings is 1. The summed E-state index contributed by atoms with van der Waals surface area (Å²) in [4.78, 5) is 22.8. The molecule has 0 N–H and O–H groups in total. The fraction of sp³-hybridized carbons (Fsp3) is 0.222. The van der Waals surface area contributed by atoms with E-state index in [0.717, 1.165) is 12.0 Å². The van der Waals surface area contributed by atoms with Crippen molar-refractivity contribution in [2.45, 2.75) is 12.3 Å². The zero-order chi connectivity index (χ0) is 16.4. The van der Waals surface area contributed by atoms with Gasteiger partial charge in [-0.15, -0.1) is 0 Å². The number of hydrogen-bond donors (Lipinski definition) is 0. The molecule has 0 spiro atoms.